The van der Waals surface area contributed by atoms with Crippen LogP contribution in [0, 0.1) is 0 Å². The van der Waals surface area contributed by atoms with E-state index in [1.807, 2.05) is 18.3 Å². The van der Waals surface area contributed by atoms with Crippen LogP contribution >= 0.6 is 0 Å². The van der Waals surface area contributed by atoms with E-state index in [0.29, 0.717) is 0 Å². The number of anilines is 1. The maximum Gasteiger partial charge on any atom is 0.119 e. The average Bonchev–Trinajstić information content (AvgIpc) is 3.21. The molecule has 4 aromatic rings. The number of fused-ring (bicyclic) bond motifs is 1. The Balaban J connectivity index is 1.62. The summed E-state index contributed by atoms with van der Waals surface area (Å²) in [5.41, 5.74) is 6.03. The number of aromatic amines is 1. The minimum Gasteiger partial charge on any atom is -0.497 e. The maximum atomic E-state index is 5.42. The van der Waals surface area contributed by atoms with Gasteiger partial charge in [0.05, 0.1) is 18.8 Å². The molecule has 0 aliphatic carbocycles. The Kier molecular flexibility index (Phi) is 6.00. The molecular formula is C25H28N4O. The first kappa shape index (κ1) is 20.0. The van der Waals surface area contributed by atoms with Gasteiger partial charge in [0.1, 0.15) is 5.75 Å². The van der Waals surface area contributed by atoms with Crippen LogP contribution in [0.1, 0.15) is 16.7 Å². The van der Waals surface area contributed by atoms with E-state index in [-0.39, 0.29) is 0 Å². The monoisotopic (exact) mass is 400 g/mol. The first-order chi connectivity index (χ1) is 14.6. The van der Waals surface area contributed by atoms with Crippen molar-refractivity contribution in [2.24, 2.45) is 0 Å². The third-order valence-electron chi connectivity index (χ3n) is 5.19. The first-order valence-corrected chi connectivity index (χ1v) is 10.1. The average molecular weight is 401 g/mol. The minimum atomic E-state index is 0.797. The molecule has 3 aromatic carbocycles. The molecule has 30 heavy (non-hydrogen) atoms. The number of ether oxygens (including phenoxy) is 1. The summed E-state index contributed by atoms with van der Waals surface area (Å²) in [6.45, 7) is 2.54. The molecule has 0 aliphatic heterocycles. The Morgan fingerprint density at radius 1 is 0.833 bits per heavy atom. The number of H-pyrrole nitrogens is 1. The molecule has 0 aliphatic rings. The zero-order chi connectivity index (χ0) is 20.9. The fraction of sp³-hybridized carbons (Fsp3) is 0.240. The lowest BCUT2D eigenvalue weighted by Gasteiger charge is -2.26. The van der Waals surface area contributed by atoms with Crippen molar-refractivity contribution in [3.05, 3.63) is 89.6 Å². The summed E-state index contributed by atoms with van der Waals surface area (Å²) in [6, 6.07) is 23.6. The Labute approximate surface area is 177 Å². The second-order valence-electron chi connectivity index (χ2n) is 7.90. The third kappa shape index (κ3) is 4.81. The van der Waals surface area contributed by atoms with E-state index in [0.717, 1.165) is 36.3 Å². The molecule has 0 radical (unpaired) electrons. The second-order valence-corrected chi connectivity index (χ2v) is 7.90. The highest BCUT2D eigenvalue weighted by atomic mass is 16.5. The first-order valence-electron chi connectivity index (χ1n) is 10.1. The molecule has 5 heteroatoms. The van der Waals surface area contributed by atoms with Gasteiger partial charge in [0.25, 0.3) is 0 Å². The highest BCUT2D eigenvalue weighted by Crippen LogP contribution is 2.24. The molecule has 1 aromatic heterocycles. The standard InChI is InChI=1S/C25H28N4O/c1-28(2)16-19-8-11-23(12-9-19)29(17-20-5-4-6-24(13-20)30-3)18-21-7-10-22-15-26-27-25(22)14-21/h4-15H,16-18H2,1-3H3,(H,26,27). The molecule has 0 atom stereocenters. The van der Waals surface area contributed by atoms with Crippen molar-refractivity contribution in [3.8, 4) is 5.75 Å². The number of benzene rings is 3. The number of nitrogens with zero attached hydrogens (tertiary/aromatic N) is 3. The lowest BCUT2D eigenvalue weighted by Crippen LogP contribution is -2.22. The van der Waals surface area contributed by atoms with Crippen molar-refractivity contribution in [2.45, 2.75) is 19.6 Å². The lowest BCUT2D eigenvalue weighted by atomic mass is 10.1. The van der Waals surface area contributed by atoms with Crippen LogP contribution in [-0.4, -0.2) is 36.3 Å². The molecule has 0 saturated heterocycles. The van der Waals surface area contributed by atoms with Gasteiger partial charge in [-0.15, -0.1) is 0 Å². The van der Waals surface area contributed by atoms with E-state index in [9.17, 15) is 0 Å². The molecule has 0 fully saturated rings. The summed E-state index contributed by atoms with van der Waals surface area (Å²) >= 11 is 0. The number of hydrogen-bond donors (Lipinski definition) is 1. The van der Waals surface area contributed by atoms with Crippen molar-refractivity contribution in [2.75, 3.05) is 26.1 Å². The van der Waals surface area contributed by atoms with Crippen LogP contribution in [0.15, 0.2) is 72.9 Å². The fourth-order valence-electron chi connectivity index (χ4n) is 3.71. The molecular weight excluding hydrogens is 372 g/mol. The molecule has 0 saturated carbocycles. The van der Waals surface area contributed by atoms with Gasteiger partial charge in [-0.25, -0.2) is 0 Å². The van der Waals surface area contributed by atoms with Crippen LogP contribution in [-0.2, 0) is 19.6 Å². The lowest BCUT2D eigenvalue weighted by molar-refractivity contribution is 0.402. The van der Waals surface area contributed by atoms with E-state index in [4.69, 9.17) is 4.74 Å². The number of hydrogen-bond acceptors (Lipinski definition) is 4. The molecule has 1 heterocycles. The summed E-state index contributed by atoms with van der Waals surface area (Å²) in [4.78, 5) is 4.58. The summed E-state index contributed by atoms with van der Waals surface area (Å²) in [6.07, 6.45) is 1.86. The second kappa shape index (κ2) is 9.01. The Bertz CT molecular complexity index is 1100. The van der Waals surface area contributed by atoms with E-state index in [1.165, 1.54) is 22.4 Å². The van der Waals surface area contributed by atoms with Gasteiger partial charge in [-0.1, -0.05) is 36.4 Å². The Morgan fingerprint density at radius 2 is 1.57 bits per heavy atom. The van der Waals surface area contributed by atoms with Crippen LogP contribution in [0.25, 0.3) is 10.9 Å². The summed E-state index contributed by atoms with van der Waals surface area (Å²) in [5.74, 6) is 0.882. The van der Waals surface area contributed by atoms with E-state index in [1.54, 1.807) is 7.11 Å². The number of rotatable bonds is 8. The van der Waals surface area contributed by atoms with Gasteiger partial charge in [0.2, 0.25) is 0 Å². The van der Waals surface area contributed by atoms with E-state index in [2.05, 4.69) is 88.7 Å². The van der Waals surface area contributed by atoms with Gasteiger partial charge < -0.3 is 14.5 Å². The van der Waals surface area contributed by atoms with E-state index < -0.39 is 0 Å². The van der Waals surface area contributed by atoms with Gasteiger partial charge >= 0.3 is 0 Å². The number of aromatic nitrogens is 2. The Hall–Kier alpha value is -3.31. The normalized spacial score (nSPS) is 11.2. The number of nitrogens with one attached hydrogen (secondary N) is 1. The molecule has 4 rings (SSSR count). The van der Waals surface area contributed by atoms with E-state index >= 15 is 0 Å². The third-order valence-corrected chi connectivity index (χ3v) is 5.19. The molecule has 0 spiro atoms. The SMILES string of the molecule is COc1cccc(CN(Cc2ccc3cn[nH]c3c2)c2ccc(CN(C)C)cc2)c1. The quantitative estimate of drug-likeness (QED) is 0.460. The zero-order valence-corrected chi connectivity index (χ0v) is 17.8. The van der Waals surface area contributed by atoms with Crippen LogP contribution < -0.4 is 9.64 Å². The molecule has 0 unspecified atom stereocenters. The van der Waals surface area contributed by atoms with Crippen molar-refractivity contribution < 1.29 is 4.74 Å². The summed E-state index contributed by atoms with van der Waals surface area (Å²) in [7, 11) is 5.89. The van der Waals surface area contributed by atoms with Crippen molar-refractivity contribution in [3.63, 3.8) is 0 Å². The summed E-state index contributed by atoms with van der Waals surface area (Å²) < 4.78 is 5.42. The predicted octanol–water partition coefficient (Wildman–Crippen LogP) is 4.84. The smallest absolute Gasteiger partial charge is 0.119 e. The highest BCUT2D eigenvalue weighted by molar-refractivity contribution is 5.78. The predicted molar refractivity (Wildman–Crippen MR) is 123 cm³/mol. The van der Waals surface area contributed by atoms with Gasteiger partial charge in [0, 0.05) is 30.7 Å². The van der Waals surface area contributed by atoms with Gasteiger partial charge in [-0.2, -0.15) is 5.10 Å². The Morgan fingerprint density at radius 3 is 2.30 bits per heavy atom. The fourth-order valence-corrected chi connectivity index (χ4v) is 3.71. The minimum absolute atomic E-state index is 0.797. The van der Waals surface area contributed by atoms with Crippen molar-refractivity contribution >= 4 is 16.6 Å². The highest BCUT2D eigenvalue weighted by Gasteiger charge is 2.11. The zero-order valence-electron chi connectivity index (χ0n) is 17.8. The van der Waals surface area contributed by atoms with Gasteiger partial charge in [-0.3, -0.25) is 5.10 Å². The largest absolute Gasteiger partial charge is 0.497 e. The topological polar surface area (TPSA) is 44.4 Å². The van der Waals surface area contributed by atoms with Gasteiger partial charge in [0.15, 0.2) is 0 Å². The summed E-state index contributed by atoms with van der Waals surface area (Å²) in [5, 5.41) is 8.35. The van der Waals surface area contributed by atoms with Crippen molar-refractivity contribution in [1.29, 1.82) is 0 Å². The van der Waals surface area contributed by atoms with Gasteiger partial charge in [-0.05, 0) is 61.1 Å². The molecule has 0 bridgehead atoms. The van der Waals surface area contributed by atoms with Crippen LogP contribution in [0.3, 0.4) is 0 Å². The molecule has 5 nitrogen and oxygen atoms in total. The van der Waals surface area contributed by atoms with Crippen LogP contribution in [0.2, 0.25) is 0 Å². The maximum absolute atomic E-state index is 5.42. The van der Waals surface area contributed by atoms with Crippen LogP contribution in [0.5, 0.6) is 5.75 Å². The molecule has 154 valence electrons. The van der Waals surface area contributed by atoms with Crippen LogP contribution in [0.4, 0.5) is 5.69 Å². The van der Waals surface area contributed by atoms with Crippen molar-refractivity contribution in [1.82, 2.24) is 15.1 Å². The molecule has 0 amide bonds. The molecule has 1 N–H and O–H groups in total. The number of methoxy groups -OCH3 is 1.